The Hall–Kier alpha value is -3.85. The Balaban J connectivity index is 1.12. The molecule has 1 saturated heterocycles. The van der Waals surface area contributed by atoms with Crippen LogP contribution >= 0.6 is 0 Å². The van der Waals surface area contributed by atoms with Gasteiger partial charge in [0.05, 0.1) is 5.69 Å². The third-order valence-electron chi connectivity index (χ3n) is 6.41. The number of benzene rings is 1. The summed E-state index contributed by atoms with van der Waals surface area (Å²) in [4.78, 5) is 30.0. The number of nitrogens with one attached hydrogen (secondary N) is 1. The van der Waals surface area contributed by atoms with Crippen LogP contribution in [0.25, 0.3) is 16.9 Å². The van der Waals surface area contributed by atoms with Gasteiger partial charge in [0.1, 0.15) is 0 Å². The van der Waals surface area contributed by atoms with Crippen molar-refractivity contribution in [3.05, 3.63) is 66.5 Å². The highest BCUT2D eigenvalue weighted by Gasteiger charge is 2.30. The fourth-order valence-corrected chi connectivity index (χ4v) is 4.33. The van der Waals surface area contributed by atoms with Crippen LogP contribution < -0.4 is 10.2 Å². The second-order valence-electron chi connectivity index (χ2n) is 8.89. The number of carbonyl (C=O) groups excluding carboxylic acids is 1. The molecule has 172 valence electrons. The van der Waals surface area contributed by atoms with E-state index in [2.05, 4.69) is 59.4 Å². The summed E-state index contributed by atoms with van der Waals surface area (Å²) in [6.07, 6.45) is 5.49. The fourth-order valence-electron chi connectivity index (χ4n) is 4.33. The number of aromatic nitrogens is 5. The lowest BCUT2D eigenvalue weighted by molar-refractivity contribution is -0.117. The quantitative estimate of drug-likeness (QED) is 0.479. The maximum Gasteiger partial charge on any atom is 0.249 e. The first-order valence-corrected chi connectivity index (χ1v) is 11.7. The van der Waals surface area contributed by atoms with Gasteiger partial charge in [0.2, 0.25) is 17.8 Å². The van der Waals surface area contributed by atoms with Gasteiger partial charge < -0.3 is 4.90 Å². The Morgan fingerprint density at radius 1 is 0.941 bits per heavy atom. The molecule has 4 aromatic rings. The number of fused-ring (bicyclic) bond motifs is 1. The number of rotatable bonds is 6. The van der Waals surface area contributed by atoms with E-state index in [0.29, 0.717) is 11.6 Å². The maximum atomic E-state index is 12.1. The molecule has 0 radical (unpaired) electrons. The fraction of sp³-hybridized carbons (Fsp3) is 0.320. The van der Waals surface area contributed by atoms with E-state index in [1.807, 2.05) is 24.3 Å². The number of pyridine rings is 1. The Morgan fingerprint density at radius 3 is 2.44 bits per heavy atom. The Labute approximate surface area is 197 Å². The molecule has 0 atom stereocenters. The smallest absolute Gasteiger partial charge is 0.249 e. The first-order valence-electron chi connectivity index (χ1n) is 11.7. The standard InChI is InChI=1S/C25H26N8O/c34-23(20-9-10-20)29-24-28-22-4-1-3-21(33(22)30-24)19-7-5-18(6-8-19)17-31-13-15-32(16-14-31)25-26-11-2-12-27-25/h1-8,11-12,20H,9-10,13-17H2,(H,29,30,34). The van der Waals surface area contributed by atoms with Crippen LogP contribution in [0.4, 0.5) is 11.9 Å². The zero-order chi connectivity index (χ0) is 22.9. The molecule has 1 N–H and O–H groups in total. The molecule has 1 amide bonds. The SMILES string of the molecule is O=C(Nc1nc2cccc(-c3ccc(CN4CCN(c5ncccn5)CC4)cc3)n2n1)C1CC1. The van der Waals surface area contributed by atoms with Gasteiger partial charge in [-0.2, -0.15) is 4.98 Å². The summed E-state index contributed by atoms with van der Waals surface area (Å²) in [7, 11) is 0. The van der Waals surface area contributed by atoms with E-state index in [1.54, 1.807) is 16.9 Å². The number of nitrogens with zero attached hydrogens (tertiary/aromatic N) is 7. The van der Waals surface area contributed by atoms with E-state index in [9.17, 15) is 4.79 Å². The molecule has 0 bridgehead atoms. The van der Waals surface area contributed by atoms with E-state index in [0.717, 1.165) is 62.8 Å². The molecule has 34 heavy (non-hydrogen) atoms. The number of hydrogen-bond acceptors (Lipinski definition) is 7. The number of amides is 1. The van der Waals surface area contributed by atoms with Crippen LogP contribution in [0.2, 0.25) is 0 Å². The Morgan fingerprint density at radius 2 is 1.71 bits per heavy atom. The predicted octanol–water partition coefficient (Wildman–Crippen LogP) is 2.86. The number of hydrogen-bond donors (Lipinski definition) is 1. The van der Waals surface area contributed by atoms with Crippen molar-refractivity contribution in [2.75, 3.05) is 36.4 Å². The number of piperazine rings is 1. The molecular weight excluding hydrogens is 428 g/mol. The Kier molecular flexibility index (Phi) is 5.38. The summed E-state index contributed by atoms with van der Waals surface area (Å²) in [5.74, 6) is 1.30. The summed E-state index contributed by atoms with van der Waals surface area (Å²) in [5, 5.41) is 7.38. The molecule has 0 spiro atoms. The number of anilines is 2. The van der Waals surface area contributed by atoms with Gasteiger partial charge in [-0.1, -0.05) is 30.3 Å². The van der Waals surface area contributed by atoms with Gasteiger partial charge in [-0.3, -0.25) is 15.0 Å². The minimum absolute atomic E-state index is 0.0129. The van der Waals surface area contributed by atoms with E-state index in [4.69, 9.17) is 0 Å². The first kappa shape index (κ1) is 20.7. The molecule has 1 aliphatic heterocycles. The third kappa shape index (κ3) is 4.34. The summed E-state index contributed by atoms with van der Waals surface area (Å²) < 4.78 is 1.79. The van der Waals surface area contributed by atoms with Gasteiger partial charge >= 0.3 is 0 Å². The molecule has 4 heterocycles. The topological polar surface area (TPSA) is 91.5 Å². The van der Waals surface area contributed by atoms with Gasteiger partial charge in [0, 0.05) is 56.6 Å². The van der Waals surface area contributed by atoms with Crippen LogP contribution in [0.1, 0.15) is 18.4 Å². The highest BCUT2D eigenvalue weighted by molar-refractivity contribution is 5.92. The summed E-state index contributed by atoms with van der Waals surface area (Å²) >= 11 is 0. The molecule has 3 aromatic heterocycles. The van der Waals surface area contributed by atoms with Crippen molar-refractivity contribution in [1.82, 2.24) is 29.5 Å². The molecule has 6 rings (SSSR count). The zero-order valence-electron chi connectivity index (χ0n) is 18.8. The van der Waals surface area contributed by atoms with Crippen LogP contribution in [-0.4, -0.2) is 61.6 Å². The minimum atomic E-state index is 0.0129. The van der Waals surface area contributed by atoms with Gasteiger partial charge in [0.15, 0.2) is 5.65 Å². The van der Waals surface area contributed by atoms with Crippen LogP contribution in [0.5, 0.6) is 0 Å². The van der Waals surface area contributed by atoms with Crippen LogP contribution in [-0.2, 0) is 11.3 Å². The molecule has 2 fully saturated rings. The van der Waals surface area contributed by atoms with Crippen molar-refractivity contribution in [3.8, 4) is 11.3 Å². The van der Waals surface area contributed by atoms with Crippen LogP contribution in [0, 0.1) is 5.92 Å². The minimum Gasteiger partial charge on any atom is -0.338 e. The Bertz CT molecular complexity index is 1290. The van der Waals surface area contributed by atoms with Crippen molar-refractivity contribution < 1.29 is 4.79 Å². The van der Waals surface area contributed by atoms with E-state index < -0.39 is 0 Å². The predicted molar refractivity (Wildman–Crippen MR) is 129 cm³/mol. The summed E-state index contributed by atoms with van der Waals surface area (Å²) in [6.45, 7) is 4.72. The molecular formula is C25H26N8O. The van der Waals surface area contributed by atoms with Crippen molar-refractivity contribution >= 4 is 23.5 Å². The maximum absolute atomic E-state index is 12.1. The average molecular weight is 455 g/mol. The van der Waals surface area contributed by atoms with Crippen molar-refractivity contribution in [2.45, 2.75) is 19.4 Å². The monoisotopic (exact) mass is 454 g/mol. The van der Waals surface area contributed by atoms with E-state index in [-0.39, 0.29) is 11.8 Å². The summed E-state index contributed by atoms with van der Waals surface area (Å²) in [6, 6.07) is 16.3. The lowest BCUT2D eigenvalue weighted by Gasteiger charge is -2.34. The average Bonchev–Trinajstić information content (AvgIpc) is 3.65. The largest absolute Gasteiger partial charge is 0.338 e. The molecule has 1 aromatic carbocycles. The third-order valence-corrected chi connectivity index (χ3v) is 6.41. The van der Waals surface area contributed by atoms with Crippen LogP contribution in [0.3, 0.4) is 0 Å². The second-order valence-corrected chi connectivity index (χ2v) is 8.89. The first-order chi connectivity index (χ1) is 16.7. The van der Waals surface area contributed by atoms with Gasteiger partial charge in [0.25, 0.3) is 0 Å². The normalized spacial score (nSPS) is 16.6. The highest BCUT2D eigenvalue weighted by Crippen LogP contribution is 2.30. The molecule has 1 aliphatic carbocycles. The van der Waals surface area contributed by atoms with E-state index >= 15 is 0 Å². The van der Waals surface area contributed by atoms with Crippen molar-refractivity contribution in [1.29, 1.82) is 0 Å². The van der Waals surface area contributed by atoms with E-state index in [1.165, 1.54) is 5.56 Å². The van der Waals surface area contributed by atoms with Crippen molar-refractivity contribution in [2.24, 2.45) is 5.92 Å². The van der Waals surface area contributed by atoms with Gasteiger partial charge in [-0.25, -0.2) is 14.5 Å². The van der Waals surface area contributed by atoms with Gasteiger partial charge in [-0.15, -0.1) is 5.10 Å². The molecule has 0 unspecified atom stereocenters. The molecule has 9 nitrogen and oxygen atoms in total. The molecule has 9 heteroatoms. The number of carbonyl (C=O) groups is 1. The molecule has 2 aliphatic rings. The summed E-state index contributed by atoms with van der Waals surface area (Å²) in [5.41, 5.74) is 3.99. The lowest BCUT2D eigenvalue weighted by Crippen LogP contribution is -2.46. The van der Waals surface area contributed by atoms with Gasteiger partial charge in [-0.05, 0) is 36.6 Å². The lowest BCUT2D eigenvalue weighted by atomic mass is 10.1. The van der Waals surface area contributed by atoms with Crippen LogP contribution in [0.15, 0.2) is 60.9 Å². The van der Waals surface area contributed by atoms with Crippen molar-refractivity contribution in [3.63, 3.8) is 0 Å². The second kappa shape index (κ2) is 8.83. The zero-order valence-corrected chi connectivity index (χ0v) is 18.8. The highest BCUT2D eigenvalue weighted by atomic mass is 16.2. The molecule has 1 saturated carbocycles.